The molecule has 134 valence electrons. The van der Waals surface area contributed by atoms with Crippen LogP contribution in [-0.2, 0) is 21.5 Å². The molecule has 2 aromatic rings. The van der Waals surface area contributed by atoms with Crippen molar-refractivity contribution >= 4 is 5.97 Å². The lowest BCUT2D eigenvalue weighted by atomic mass is 10.0. The maximum absolute atomic E-state index is 11.9. The maximum atomic E-state index is 11.9. The standard InChI is InChI=1S/C19H24N2O4/c1-19(18(22)23,21-12-16(11-20-21)15-5-6-15)13-25-17-7-3-14(4-8-17)9-10-24-2/h3-4,7-8,11-12,15H,5-6,9-10,13H2,1-2H3,(H,22,23). The van der Waals surface area contributed by atoms with Crippen molar-refractivity contribution in [2.24, 2.45) is 0 Å². The number of aliphatic carboxylic acids is 1. The zero-order valence-corrected chi connectivity index (χ0v) is 14.6. The summed E-state index contributed by atoms with van der Waals surface area (Å²) in [5.41, 5.74) is 1.01. The largest absolute Gasteiger partial charge is 0.490 e. The van der Waals surface area contributed by atoms with E-state index in [1.165, 1.54) is 4.68 Å². The van der Waals surface area contributed by atoms with Gasteiger partial charge < -0.3 is 14.6 Å². The van der Waals surface area contributed by atoms with Gasteiger partial charge in [-0.05, 0) is 55.4 Å². The molecule has 1 N–H and O–H groups in total. The SMILES string of the molecule is COCCc1ccc(OCC(C)(C(=O)O)n2cc(C3CC3)cn2)cc1. The normalized spacial score (nSPS) is 16.4. The second kappa shape index (κ2) is 7.27. The van der Waals surface area contributed by atoms with Crippen molar-refractivity contribution in [1.29, 1.82) is 0 Å². The van der Waals surface area contributed by atoms with Gasteiger partial charge in [0.2, 0.25) is 0 Å². The minimum atomic E-state index is -1.25. The van der Waals surface area contributed by atoms with Crippen molar-refractivity contribution in [3.63, 3.8) is 0 Å². The Morgan fingerprint density at radius 1 is 1.36 bits per heavy atom. The predicted molar refractivity (Wildman–Crippen MR) is 93.0 cm³/mol. The quantitative estimate of drug-likeness (QED) is 0.757. The summed E-state index contributed by atoms with van der Waals surface area (Å²) in [6, 6.07) is 7.63. The highest BCUT2D eigenvalue weighted by molar-refractivity contribution is 5.76. The Bertz CT molecular complexity index is 721. The third-order valence-corrected chi connectivity index (χ3v) is 4.66. The van der Waals surface area contributed by atoms with Gasteiger partial charge in [0, 0.05) is 13.3 Å². The third kappa shape index (κ3) is 4.02. The Morgan fingerprint density at radius 2 is 2.08 bits per heavy atom. The average Bonchev–Trinajstić information content (AvgIpc) is 3.35. The molecule has 1 saturated carbocycles. The van der Waals surface area contributed by atoms with Crippen LogP contribution in [0.3, 0.4) is 0 Å². The van der Waals surface area contributed by atoms with Crippen molar-refractivity contribution in [3.8, 4) is 5.75 Å². The zero-order chi connectivity index (χ0) is 17.9. The molecule has 0 amide bonds. The third-order valence-electron chi connectivity index (χ3n) is 4.66. The molecular formula is C19H24N2O4. The number of hydrogen-bond acceptors (Lipinski definition) is 4. The van der Waals surface area contributed by atoms with Crippen LogP contribution in [0.4, 0.5) is 0 Å². The molecule has 1 aliphatic rings. The number of carboxylic acids is 1. The molecular weight excluding hydrogens is 320 g/mol. The molecule has 0 bridgehead atoms. The van der Waals surface area contributed by atoms with Gasteiger partial charge >= 0.3 is 5.97 Å². The fourth-order valence-corrected chi connectivity index (χ4v) is 2.66. The van der Waals surface area contributed by atoms with Crippen molar-refractivity contribution in [2.75, 3.05) is 20.3 Å². The molecule has 1 fully saturated rings. The molecule has 1 unspecified atom stereocenters. The van der Waals surface area contributed by atoms with E-state index in [0.29, 0.717) is 18.3 Å². The second-order valence-corrected chi connectivity index (χ2v) is 6.75. The van der Waals surface area contributed by atoms with Crippen LogP contribution in [0, 0.1) is 0 Å². The van der Waals surface area contributed by atoms with E-state index in [2.05, 4.69) is 5.10 Å². The number of rotatable bonds is 9. The fourth-order valence-electron chi connectivity index (χ4n) is 2.66. The first-order chi connectivity index (χ1) is 12.0. The second-order valence-electron chi connectivity index (χ2n) is 6.75. The van der Waals surface area contributed by atoms with Crippen LogP contribution in [0.25, 0.3) is 0 Å². The summed E-state index contributed by atoms with van der Waals surface area (Å²) in [6.45, 7) is 2.30. The Hall–Kier alpha value is -2.34. The van der Waals surface area contributed by atoms with E-state index in [1.54, 1.807) is 20.2 Å². The summed E-state index contributed by atoms with van der Waals surface area (Å²) in [5.74, 6) is 0.213. The van der Waals surface area contributed by atoms with Gasteiger partial charge in [-0.3, -0.25) is 4.68 Å². The van der Waals surface area contributed by atoms with Crippen molar-refractivity contribution in [1.82, 2.24) is 9.78 Å². The van der Waals surface area contributed by atoms with E-state index in [0.717, 1.165) is 30.4 Å². The van der Waals surface area contributed by atoms with E-state index in [9.17, 15) is 9.90 Å². The zero-order valence-electron chi connectivity index (χ0n) is 14.6. The molecule has 6 heteroatoms. The molecule has 1 aliphatic carbocycles. The predicted octanol–water partition coefficient (Wildman–Crippen LogP) is 2.83. The van der Waals surface area contributed by atoms with E-state index < -0.39 is 11.5 Å². The van der Waals surface area contributed by atoms with E-state index in [-0.39, 0.29) is 6.61 Å². The maximum Gasteiger partial charge on any atom is 0.334 e. The number of carboxylic acid groups (broad SMARTS) is 1. The molecule has 25 heavy (non-hydrogen) atoms. The molecule has 1 heterocycles. The van der Waals surface area contributed by atoms with E-state index >= 15 is 0 Å². The molecule has 3 rings (SSSR count). The Morgan fingerprint density at radius 3 is 2.68 bits per heavy atom. The smallest absolute Gasteiger partial charge is 0.334 e. The van der Waals surface area contributed by atoms with E-state index in [1.807, 2.05) is 30.5 Å². The number of carbonyl (C=O) groups is 1. The van der Waals surface area contributed by atoms with Gasteiger partial charge in [-0.1, -0.05) is 12.1 Å². The first kappa shape index (κ1) is 17.5. The van der Waals surface area contributed by atoms with Crippen molar-refractivity contribution < 1.29 is 19.4 Å². The van der Waals surface area contributed by atoms with Gasteiger partial charge in [0.05, 0.1) is 12.8 Å². The van der Waals surface area contributed by atoms with Crippen molar-refractivity contribution in [3.05, 3.63) is 47.8 Å². The summed E-state index contributed by atoms with van der Waals surface area (Å²) >= 11 is 0. The van der Waals surface area contributed by atoms with Crippen LogP contribution < -0.4 is 4.74 Å². The van der Waals surface area contributed by atoms with E-state index in [4.69, 9.17) is 9.47 Å². The van der Waals surface area contributed by atoms with Crippen LogP contribution in [0.15, 0.2) is 36.7 Å². The number of hydrogen-bond donors (Lipinski definition) is 1. The number of aromatic nitrogens is 2. The molecule has 1 atom stereocenters. The van der Waals surface area contributed by atoms with Gasteiger partial charge in [0.15, 0.2) is 5.54 Å². The summed E-state index contributed by atoms with van der Waals surface area (Å²) in [7, 11) is 1.67. The monoisotopic (exact) mass is 344 g/mol. The average molecular weight is 344 g/mol. The Balaban J connectivity index is 1.67. The minimum absolute atomic E-state index is 0.00549. The summed E-state index contributed by atoms with van der Waals surface area (Å²) in [6.07, 6.45) is 6.75. The highest BCUT2D eigenvalue weighted by Gasteiger charge is 2.38. The highest BCUT2D eigenvalue weighted by atomic mass is 16.5. The molecule has 6 nitrogen and oxygen atoms in total. The van der Waals surface area contributed by atoms with Gasteiger partial charge in [0.25, 0.3) is 0 Å². The number of methoxy groups -OCH3 is 1. The lowest BCUT2D eigenvalue weighted by molar-refractivity contribution is -0.148. The lowest BCUT2D eigenvalue weighted by Crippen LogP contribution is -2.44. The molecule has 0 saturated heterocycles. The Kier molecular flexibility index (Phi) is 5.08. The van der Waals surface area contributed by atoms with Crippen LogP contribution >= 0.6 is 0 Å². The van der Waals surface area contributed by atoms with Crippen LogP contribution in [0.1, 0.15) is 36.8 Å². The van der Waals surface area contributed by atoms with Crippen LogP contribution in [0.2, 0.25) is 0 Å². The first-order valence-corrected chi connectivity index (χ1v) is 8.52. The molecule has 1 aromatic heterocycles. The summed E-state index contributed by atoms with van der Waals surface area (Å²) in [4.78, 5) is 11.9. The van der Waals surface area contributed by atoms with Gasteiger partial charge in [-0.2, -0.15) is 5.10 Å². The topological polar surface area (TPSA) is 73.6 Å². The first-order valence-electron chi connectivity index (χ1n) is 8.52. The highest BCUT2D eigenvalue weighted by Crippen LogP contribution is 2.40. The lowest BCUT2D eigenvalue weighted by Gasteiger charge is -2.25. The minimum Gasteiger partial charge on any atom is -0.490 e. The fraction of sp³-hybridized carbons (Fsp3) is 0.474. The molecule has 0 radical (unpaired) electrons. The van der Waals surface area contributed by atoms with Gasteiger partial charge in [-0.15, -0.1) is 0 Å². The molecule has 0 aliphatic heterocycles. The van der Waals surface area contributed by atoms with Gasteiger partial charge in [-0.25, -0.2) is 4.79 Å². The number of benzene rings is 1. The molecule has 0 spiro atoms. The summed E-state index contributed by atoms with van der Waals surface area (Å²) < 4.78 is 12.3. The molecule has 1 aromatic carbocycles. The van der Waals surface area contributed by atoms with Crippen molar-refractivity contribution in [2.45, 2.75) is 37.6 Å². The summed E-state index contributed by atoms with van der Waals surface area (Å²) in [5, 5.41) is 14.0. The van der Waals surface area contributed by atoms with Gasteiger partial charge in [0.1, 0.15) is 12.4 Å². The van der Waals surface area contributed by atoms with Crippen LogP contribution in [-0.4, -0.2) is 41.2 Å². The number of ether oxygens (including phenoxy) is 2. The Labute approximate surface area is 147 Å². The number of nitrogens with zero attached hydrogens (tertiary/aromatic N) is 2. The van der Waals surface area contributed by atoms with Crippen LogP contribution in [0.5, 0.6) is 5.75 Å².